The van der Waals surface area contributed by atoms with Crippen molar-refractivity contribution < 1.29 is 4.74 Å². The maximum absolute atomic E-state index is 5.91. The van der Waals surface area contributed by atoms with E-state index in [9.17, 15) is 0 Å². The Morgan fingerprint density at radius 3 is 2.47 bits per heavy atom. The van der Waals surface area contributed by atoms with Crippen molar-refractivity contribution in [1.82, 2.24) is 0 Å². The summed E-state index contributed by atoms with van der Waals surface area (Å²) >= 11 is 0. The van der Waals surface area contributed by atoms with Gasteiger partial charge in [0.15, 0.2) is 0 Å². The van der Waals surface area contributed by atoms with Crippen LogP contribution < -0.4 is 10.5 Å². The van der Waals surface area contributed by atoms with E-state index in [1.807, 2.05) is 43.3 Å². The third-order valence-electron chi connectivity index (χ3n) is 2.74. The molecule has 0 unspecified atom stereocenters. The molecule has 0 heterocycles. The lowest BCUT2D eigenvalue weighted by atomic mass is 10.1. The fraction of sp³-hybridized carbons (Fsp3) is 0.200. The molecule has 0 aliphatic rings. The van der Waals surface area contributed by atoms with Gasteiger partial charge in [-0.05, 0) is 31.5 Å². The molecule has 2 aromatic carbocycles. The molecule has 2 aromatic rings. The lowest BCUT2D eigenvalue weighted by Gasteiger charge is -2.12. The van der Waals surface area contributed by atoms with Gasteiger partial charge in [0, 0.05) is 12.1 Å². The molecule has 0 aromatic heterocycles. The van der Waals surface area contributed by atoms with E-state index in [2.05, 4.69) is 13.0 Å². The van der Waals surface area contributed by atoms with Crippen LogP contribution in [0.3, 0.4) is 0 Å². The standard InChI is InChI=1S/C15H17NO/c1-11-7-8-14(12(2)9-11)17-15-6-4-3-5-13(15)10-16/h3-9H,10,16H2,1-2H3. The molecule has 2 heteroatoms. The summed E-state index contributed by atoms with van der Waals surface area (Å²) in [5.74, 6) is 1.72. The van der Waals surface area contributed by atoms with Crippen molar-refractivity contribution in [2.24, 2.45) is 5.73 Å². The van der Waals surface area contributed by atoms with Gasteiger partial charge in [-0.3, -0.25) is 0 Å². The van der Waals surface area contributed by atoms with Crippen molar-refractivity contribution in [3.05, 3.63) is 59.2 Å². The molecule has 88 valence electrons. The Kier molecular flexibility index (Phi) is 3.45. The average molecular weight is 227 g/mol. The van der Waals surface area contributed by atoms with Crippen LogP contribution in [-0.2, 0) is 6.54 Å². The molecular weight excluding hydrogens is 210 g/mol. The van der Waals surface area contributed by atoms with Crippen LogP contribution in [0.25, 0.3) is 0 Å². The smallest absolute Gasteiger partial charge is 0.131 e. The van der Waals surface area contributed by atoms with E-state index in [-0.39, 0.29) is 0 Å². The second-order valence-electron chi connectivity index (χ2n) is 4.18. The molecular formula is C15H17NO. The molecule has 0 radical (unpaired) electrons. The maximum Gasteiger partial charge on any atom is 0.131 e. The Morgan fingerprint density at radius 1 is 1.00 bits per heavy atom. The third kappa shape index (κ3) is 2.66. The number of ether oxygens (including phenoxy) is 1. The first-order valence-electron chi connectivity index (χ1n) is 5.74. The molecule has 17 heavy (non-hydrogen) atoms. The molecule has 2 nitrogen and oxygen atoms in total. The van der Waals surface area contributed by atoms with Crippen molar-refractivity contribution in [2.75, 3.05) is 0 Å². The summed E-state index contributed by atoms with van der Waals surface area (Å²) in [5, 5.41) is 0. The van der Waals surface area contributed by atoms with Crippen LogP contribution >= 0.6 is 0 Å². The van der Waals surface area contributed by atoms with Gasteiger partial charge in [-0.15, -0.1) is 0 Å². The van der Waals surface area contributed by atoms with E-state index in [1.54, 1.807) is 0 Å². The Balaban J connectivity index is 2.31. The number of hydrogen-bond acceptors (Lipinski definition) is 2. The van der Waals surface area contributed by atoms with Crippen molar-refractivity contribution in [3.63, 3.8) is 0 Å². The predicted molar refractivity (Wildman–Crippen MR) is 70.3 cm³/mol. The second kappa shape index (κ2) is 5.02. The molecule has 0 fully saturated rings. The number of aryl methyl sites for hydroxylation is 2. The summed E-state index contributed by atoms with van der Waals surface area (Å²) in [6.07, 6.45) is 0. The zero-order valence-corrected chi connectivity index (χ0v) is 10.2. The fourth-order valence-corrected chi connectivity index (χ4v) is 1.80. The summed E-state index contributed by atoms with van der Waals surface area (Å²) in [5.41, 5.74) is 9.08. The monoisotopic (exact) mass is 227 g/mol. The van der Waals surface area contributed by atoms with E-state index in [0.717, 1.165) is 22.6 Å². The Bertz CT molecular complexity index is 520. The minimum Gasteiger partial charge on any atom is -0.457 e. The molecule has 0 aliphatic heterocycles. The lowest BCUT2D eigenvalue weighted by Crippen LogP contribution is -1.99. The first kappa shape index (κ1) is 11.7. The van der Waals surface area contributed by atoms with Crippen molar-refractivity contribution >= 4 is 0 Å². The van der Waals surface area contributed by atoms with Crippen molar-refractivity contribution in [1.29, 1.82) is 0 Å². The van der Waals surface area contributed by atoms with Crippen molar-refractivity contribution in [3.8, 4) is 11.5 Å². The van der Waals surface area contributed by atoms with E-state index in [1.165, 1.54) is 5.56 Å². The summed E-state index contributed by atoms with van der Waals surface area (Å²) in [7, 11) is 0. The zero-order chi connectivity index (χ0) is 12.3. The summed E-state index contributed by atoms with van der Waals surface area (Å²) in [6, 6.07) is 14.0. The Morgan fingerprint density at radius 2 is 1.76 bits per heavy atom. The van der Waals surface area contributed by atoms with Gasteiger partial charge in [0.05, 0.1) is 0 Å². The van der Waals surface area contributed by atoms with E-state index in [4.69, 9.17) is 10.5 Å². The second-order valence-corrected chi connectivity index (χ2v) is 4.18. The topological polar surface area (TPSA) is 35.2 Å². The minimum absolute atomic E-state index is 0.487. The quantitative estimate of drug-likeness (QED) is 0.870. The molecule has 0 bridgehead atoms. The van der Waals surface area contributed by atoms with Crippen LogP contribution in [0.2, 0.25) is 0 Å². The number of hydrogen-bond donors (Lipinski definition) is 1. The van der Waals surface area contributed by atoms with Crippen LogP contribution in [0, 0.1) is 13.8 Å². The summed E-state index contributed by atoms with van der Waals surface area (Å²) < 4.78 is 5.91. The number of benzene rings is 2. The number of rotatable bonds is 3. The first-order valence-corrected chi connectivity index (χ1v) is 5.74. The minimum atomic E-state index is 0.487. The van der Waals surface area contributed by atoms with E-state index < -0.39 is 0 Å². The molecule has 2 N–H and O–H groups in total. The average Bonchev–Trinajstić information content (AvgIpc) is 2.33. The molecule has 0 atom stereocenters. The Labute approximate surface area is 102 Å². The Hall–Kier alpha value is -1.80. The number of nitrogens with two attached hydrogens (primary N) is 1. The largest absolute Gasteiger partial charge is 0.457 e. The molecule has 0 amide bonds. The fourth-order valence-electron chi connectivity index (χ4n) is 1.80. The van der Waals surface area contributed by atoms with Crippen LogP contribution in [0.5, 0.6) is 11.5 Å². The van der Waals surface area contributed by atoms with E-state index >= 15 is 0 Å². The molecule has 0 aliphatic carbocycles. The molecule has 0 saturated heterocycles. The summed E-state index contributed by atoms with van der Waals surface area (Å²) in [6.45, 7) is 4.61. The third-order valence-corrected chi connectivity index (χ3v) is 2.74. The van der Waals surface area contributed by atoms with Gasteiger partial charge in [0.1, 0.15) is 11.5 Å². The van der Waals surface area contributed by atoms with Crippen molar-refractivity contribution in [2.45, 2.75) is 20.4 Å². The highest BCUT2D eigenvalue weighted by Crippen LogP contribution is 2.28. The molecule has 2 rings (SSSR count). The normalized spacial score (nSPS) is 10.3. The van der Waals surface area contributed by atoms with Crippen LogP contribution in [0.15, 0.2) is 42.5 Å². The highest BCUT2D eigenvalue weighted by molar-refractivity contribution is 5.42. The SMILES string of the molecule is Cc1ccc(Oc2ccccc2CN)c(C)c1. The van der Waals surface area contributed by atoms with Gasteiger partial charge >= 0.3 is 0 Å². The predicted octanol–water partition coefficient (Wildman–Crippen LogP) is 3.55. The van der Waals surface area contributed by atoms with Crippen LogP contribution in [-0.4, -0.2) is 0 Å². The van der Waals surface area contributed by atoms with Gasteiger partial charge in [0.25, 0.3) is 0 Å². The van der Waals surface area contributed by atoms with Gasteiger partial charge in [0.2, 0.25) is 0 Å². The highest BCUT2D eigenvalue weighted by Gasteiger charge is 2.05. The first-order chi connectivity index (χ1) is 8.20. The maximum atomic E-state index is 5.91. The number of para-hydroxylation sites is 1. The summed E-state index contributed by atoms with van der Waals surface area (Å²) in [4.78, 5) is 0. The lowest BCUT2D eigenvalue weighted by molar-refractivity contribution is 0.472. The van der Waals surface area contributed by atoms with Gasteiger partial charge in [-0.1, -0.05) is 35.9 Å². The van der Waals surface area contributed by atoms with Gasteiger partial charge in [-0.25, -0.2) is 0 Å². The highest BCUT2D eigenvalue weighted by atomic mass is 16.5. The molecule has 0 spiro atoms. The van der Waals surface area contributed by atoms with Gasteiger partial charge in [-0.2, -0.15) is 0 Å². The van der Waals surface area contributed by atoms with Crippen LogP contribution in [0.1, 0.15) is 16.7 Å². The van der Waals surface area contributed by atoms with Crippen LogP contribution in [0.4, 0.5) is 0 Å². The van der Waals surface area contributed by atoms with E-state index in [0.29, 0.717) is 6.54 Å². The molecule has 0 saturated carbocycles. The zero-order valence-electron chi connectivity index (χ0n) is 10.2. The van der Waals surface area contributed by atoms with Gasteiger partial charge < -0.3 is 10.5 Å².